The molecule has 0 unspecified atom stereocenters. The molecule has 0 aliphatic heterocycles. The van der Waals surface area contributed by atoms with Crippen molar-refractivity contribution in [3.63, 3.8) is 0 Å². The van der Waals surface area contributed by atoms with E-state index in [1.54, 1.807) is 0 Å². The summed E-state index contributed by atoms with van der Waals surface area (Å²) in [5.74, 6) is -1.27. The van der Waals surface area contributed by atoms with E-state index in [0.29, 0.717) is 0 Å². The lowest BCUT2D eigenvalue weighted by atomic mass is 9.95. The molecule has 0 saturated heterocycles. The second-order valence-corrected chi connectivity index (χ2v) is 4.32. The maximum Gasteiger partial charge on any atom is 0.250 e. The van der Waals surface area contributed by atoms with Crippen LogP contribution in [-0.2, 0) is 4.79 Å². The Morgan fingerprint density at radius 2 is 1.60 bits per heavy atom. The molecule has 20 heavy (non-hydrogen) atoms. The van der Waals surface area contributed by atoms with Crippen molar-refractivity contribution < 1.29 is 14.7 Å². The Bertz CT molecular complexity index is 642. The van der Waals surface area contributed by atoms with Gasteiger partial charge in [-0.2, -0.15) is 0 Å². The summed E-state index contributed by atoms with van der Waals surface area (Å²) in [4.78, 5) is 21.7. The molecule has 2 aliphatic rings. The fourth-order valence-electron chi connectivity index (χ4n) is 1.72. The van der Waals surface area contributed by atoms with Gasteiger partial charge in [-0.25, -0.2) is 0 Å². The summed E-state index contributed by atoms with van der Waals surface area (Å²) in [6, 6.07) is 12.7. The van der Waals surface area contributed by atoms with Crippen LogP contribution in [0.3, 0.4) is 0 Å². The van der Waals surface area contributed by atoms with E-state index < -0.39 is 5.91 Å². The highest BCUT2D eigenvalue weighted by Crippen LogP contribution is 2.29. The molecule has 1 aromatic carbocycles. The van der Waals surface area contributed by atoms with Gasteiger partial charge in [0.2, 0.25) is 5.91 Å². The van der Waals surface area contributed by atoms with Gasteiger partial charge in [0.1, 0.15) is 5.75 Å². The van der Waals surface area contributed by atoms with Crippen LogP contribution in [0.15, 0.2) is 42.5 Å². The van der Waals surface area contributed by atoms with Gasteiger partial charge in [-0.3, -0.25) is 9.59 Å². The number of hydrogen-bond acceptors (Lipinski definition) is 3. The maximum absolute atomic E-state index is 10.9. The molecule has 0 fully saturated rings. The van der Waals surface area contributed by atoms with Crippen molar-refractivity contribution in [3.05, 3.63) is 48.0 Å². The predicted octanol–water partition coefficient (Wildman–Crippen LogP) is 2.12. The van der Waals surface area contributed by atoms with Gasteiger partial charge in [-0.15, -0.1) is 0 Å². The second-order valence-electron chi connectivity index (χ2n) is 4.32. The molecule has 3 rings (SSSR count). The monoisotopic (exact) mass is 270 g/mol. The smallest absolute Gasteiger partial charge is 0.250 e. The first-order chi connectivity index (χ1) is 9.49. The van der Waals surface area contributed by atoms with Gasteiger partial charge in [0.25, 0.3) is 5.91 Å². The molecule has 1 aromatic rings. The Kier molecular flexibility index (Phi) is 3.70. The number of primary amides is 1. The molecule has 0 spiro atoms. The van der Waals surface area contributed by atoms with Gasteiger partial charge >= 0.3 is 0 Å². The molecular weight excluding hydrogens is 256 g/mol. The Morgan fingerprint density at radius 1 is 1.05 bits per heavy atom. The molecule has 4 N–H and O–H groups in total. The van der Waals surface area contributed by atoms with E-state index in [2.05, 4.69) is 29.6 Å². The number of phenols is 1. The number of benzene rings is 2. The average molecular weight is 270 g/mol. The highest BCUT2D eigenvalue weighted by atomic mass is 16.3. The van der Waals surface area contributed by atoms with Crippen LogP contribution in [0.1, 0.15) is 17.3 Å². The lowest BCUT2D eigenvalue weighted by molar-refractivity contribution is -0.114. The van der Waals surface area contributed by atoms with Crippen LogP contribution in [0.25, 0.3) is 11.1 Å². The number of carbonyl (C=O) groups excluding carboxylic acids is 2. The van der Waals surface area contributed by atoms with Crippen LogP contribution in [0.5, 0.6) is 5.75 Å². The maximum atomic E-state index is 10.9. The average Bonchev–Trinajstić information content (AvgIpc) is 2.36. The van der Waals surface area contributed by atoms with E-state index in [9.17, 15) is 14.7 Å². The van der Waals surface area contributed by atoms with Crippen molar-refractivity contribution in [1.29, 1.82) is 0 Å². The number of hydrogen-bond donors (Lipinski definition) is 3. The lowest BCUT2D eigenvalue weighted by Crippen LogP contribution is -2.16. The third kappa shape index (κ3) is 2.77. The minimum atomic E-state index is -0.704. The van der Waals surface area contributed by atoms with Crippen molar-refractivity contribution in [2.24, 2.45) is 5.73 Å². The Labute approximate surface area is 116 Å². The third-order valence-corrected chi connectivity index (χ3v) is 2.83. The zero-order valence-corrected chi connectivity index (χ0v) is 10.9. The van der Waals surface area contributed by atoms with Crippen molar-refractivity contribution in [3.8, 4) is 16.9 Å². The normalized spacial score (nSPS) is 10.1. The van der Waals surface area contributed by atoms with E-state index >= 15 is 0 Å². The molecule has 102 valence electrons. The quantitative estimate of drug-likeness (QED) is 0.623. The fraction of sp³-hybridized carbons (Fsp3) is 0.0667. The number of anilines is 1. The van der Waals surface area contributed by atoms with Crippen LogP contribution in [0, 0.1) is 0 Å². The van der Waals surface area contributed by atoms with E-state index in [1.165, 1.54) is 36.2 Å². The number of para-hydroxylation sites is 1. The number of carbonyl (C=O) groups is 2. The zero-order valence-electron chi connectivity index (χ0n) is 10.9. The van der Waals surface area contributed by atoms with E-state index in [0.717, 1.165) is 0 Å². The van der Waals surface area contributed by atoms with Crippen molar-refractivity contribution in [2.45, 2.75) is 6.92 Å². The minimum Gasteiger partial charge on any atom is -0.506 e. The van der Waals surface area contributed by atoms with Gasteiger partial charge in [-0.05, 0) is 23.3 Å². The highest BCUT2D eigenvalue weighted by Gasteiger charge is 2.12. The number of aromatic hydroxyl groups is 1. The number of amides is 2. The summed E-state index contributed by atoms with van der Waals surface area (Å²) < 4.78 is 0. The van der Waals surface area contributed by atoms with E-state index in [-0.39, 0.29) is 22.9 Å². The van der Waals surface area contributed by atoms with Gasteiger partial charge in [-0.1, -0.05) is 30.3 Å². The predicted molar refractivity (Wildman–Crippen MR) is 76.4 cm³/mol. The molecule has 0 bridgehead atoms. The Balaban J connectivity index is 0.000000198. The number of rotatable bonds is 2. The zero-order chi connectivity index (χ0) is 14.7. The number of fused-ring (bicyclic) bond motifs is 1. The minimum absolute atomic E-state index is 0.0486. The molecule has 5 nitrogen and oxygen atoms in total. The molecule has 0 heterocycles. The standard InChI is InChI=1S/C9H10N2O3.C6H4/c1-5(12)11-8-6(9(10)14)3-2-4-7(8)13;1-2-6-4-3-5(1)6/h2-4,13H,1H3,(H2,10,14)(H,11,12);1-4H. The van der Waals surface area contributed by atoms with Crippen molar-refractivity contribution >= 4 is 17.5 Å². The molecule has 2 aliphatic carbocycles. The number of nitrogens with two attached hydrogens (primary N) is 1. The van der Waals surface area contributed by atoms with Crippen molar-refractivity contribution in [2.75, 3.05) is 5.32 Å². The first kappa shape index (κ1) is 13.6. The van der Waals surface area contributed by atoms with E-state index in [1.807, 2.05) is 0 Å². The summed E-state index contributed by atoms with van der Waals surface area (Å²) >= 11 is 0. The fourth-order valence-corrected chi connectivity index (χ4v) is 1.72. The molecule has 5 heteroatoms. The summed E-state index contributed by atoms with van der Waals surface area (Å²) in [5, 5.41) is 11.7. The van der Waals surface area contributed by atoms with Crippen LogP contribution < -0.4 is 11.1 Å². The molecular formula is C15H14N2O3. The van der Waals surface area contributed by atoms with Gasteiger partial charge in [0, 0.05) is 6.92 Å². The topological polar surface area (TPSA) is 92.4 Å². The second kappa shape index (κ2) is 5.44. The largest absolute Gasteiger partial charge is 0.506 e. The SMILES string of the molecule is CC(=O)Nc1c(O)cccc1C(N)=O.c1cc2ccc1-2. The summed E-state index contributed by atoms with van der Waals surface area (Å²) in [6.07, 6.45) is 0. The number of nitrogens with one attached hydrogen (secondary N) is 1. The van der Waals surface area contributed by atoms with Gasteiger partial charge in [0.15, 0.2) is 0 Å². The lowest BCUT2D eigenvalue weighted by Gasteiger charge is -2.10. The summed E-state index contributed by atoms with van der Waals surface area (Å²) in [5.41, 5.74) is 8.04. The first-order valence-corrected chi connectivity index (χ1v) is 5.99. The molecule has 2 amide bonds. The van der Waals surface area contributed by atoms with E-state index in [4.69, 9.17) is 5.73 Å². The van der Waals surface area contributed by atoms with Crippen LogP contribution in [0.2, 0.25) is 0 Å². The van der Waals surface area contributed by atoms with Crippen LogP contribution in [-0.4, -0.2) is 16.9 Å². The Morgan fingerprint density at radius 3 is 1.95 bits per heavy atom. The molecule has 0 aromatic heterocycles. The molecule has 0 saturated carbocycles. The first-order valence-electron chi connectivity index (χ1n) is 5.99. The van der Waals surface area contributed by atoms with Crippen molar-refractivity contribution in [1.82, 2.24) is 0 Å². The third-order valence-electron chi connectivity index (χ3n) is 2.83. The highest BCUT2D eigenvalue weighted by molar-refractivity contribution is 6.04. The Hall–Kier alpha value is -2.82. The summed E-state index contributed by atoms with van der Waals surface area (Å²) in [7, 11) is 0. The van der Waals surface area contributed by atoms with Crippen LogP contribution >= 0.6 is 0 Å². The van der Waals surface area contributed by atoms with Gasteiger partial charge in [0.05, 0.1) is 11.3 Å². The summed E-state index contributed by atoms with van der Waals surface area (Å²) in [6.45, 7) is 1.28. The molecule has 0 radical (unpaired) electrons. The molecule has 0 atom stereocenters. The van der Waals surface area contributed by atoms with Gasteiger partial charge < -0.3 is 16.2 Å². The van der Waals surface area contributed by atoms with Crippen LogP contribution in [0.4, 0.5) is 5.69 Å². The number of phenolic OH excluding ortho intramolecular Hbond substituents is 1.